The van der Waals surface area contributed by atoms with Crippen molar-refractivity contribution in [2.24, 2.45) is 0 Å². The lowest BCUT2D eigenvalue weighted by atomic mass is 9.95. The summed E-state index contributed by atoms with van der Waals surface area (Å²) in [4.78, 5) is 43.2. The molecule has 492 valence electrons. The molecule has 8 heterocycles. The smallest absolute Gasteiger partial charge is 0.167 e. The van der Waals surface area contributed by atoms with E-state index in [1.165, 1.54) is 10.1 Å². The second-order valence-corrected chi connectivity index (χ2v) is 27.8. The van der Waals surface area contributed by atoms with Gasteiger partial charge in [0.15, 0.2) is 46.1 Å². The molecule has 0 N–H and O–H groups in total. The molecule has 0 aliphatic rings. The maximum absolute atomic E-state index is 7.34. The van der Waals surface area contributed by atoms with Crippen molar-refractivity contribution in [1.29, 1.82) is 0 Å². The molecule has 0 bridgehead atoms. The van der Waals surface area contributed by atoms with E-state index in [2.05, 4.69) is 231 Å². The first-order valence-electron chi connectivity index (χ1n) is 35.2. The summed E-state index contributed by atoms with van der Waals surface area (Å²) in [6, 6.07) is 109. The summed E-state index contributed by atoms with van der Waals surface area (Å²) >= 11 is 1.75. The van der Waals surface area contributed by atoms with E-state index in [0.717, 1.165) is 175 Å². The number of aromatic nitrogens is 8. The van der Waals surface area contributed by atoms with Crippen molar-refractivity contribution < 1.29 is 13.3 Å². The Balaban J connectivity index is 0.695. The largest absolute Gasteiger partial charge is 0.455 e. The lowest BCUT2D eigenvalue weighted by Gasteiger charge is -2.13. The first-order valence-corrected chi connectivity index (χ1v) is 36.0. The van der Waals surface area contributed by atoms with Crippen molar-refractivity contribution in [1.82, 2.24) is 39.9 Å². The van der Waals surface area contributed by atoms with Gasteiger partial charge >= 0.3 is 0 Å². The Kier molecular flexibility index (Phi) is 13.3. The summed E-state index contributed by atoms with van der Waals surface area (Å²) in [5.41, 5.74) is 18.7. The van der Waals surface area contributed by atoms with Crippen molar-refractivity contribution in [3.8, 4) is 113 Å². The second kappa shape index (κ2) is 23.7. The van der Waals surface area contributed by atoms with Gasteiger partial charge in [0.05, 0.1) is 17.0 Å². The van der Waals surface area contributed by atoms with E-state index in [9.17, 15) is 0 Å². The molecular formula is C94H52N8O3S. The fraction of sp³-hybridized carbons (Fsp3) is 0. The zero-order valence-electron chi connectivity index (χ0n) is 56.2. The Labute approximate surface area is 607 Å². The van der Waals surface area contributed by atoms with Crippen LogP contribution in [0.15, 0.2) is 329 Å². The first kappa shape index (κ1) is 59.5. The van der Waals surface area contributed by atoms with E-state index in [1.807, 2.05) is 84.9 Å². The minimum atomic E-state index is 0.458. The van der Waals surface area contributed by atoms with E-state index < -0.39 is 0 Å². The number of para-hydroxylation sites is 2. The molecule has 0 fully saturated rings. The first-order chi connectivity index (χ1) is 52.5. The van der Waals surface area contributed by atoms with Gasteiger partial charge in [-0.05, 0) is 100 Å². The van der Waals surface area contributed by atoms with Crippen LogP contribution in [-0.4, -0.2) is 39.9 Å². The van der Waals surface area contributed by atoms with Gasteiger partial charge in [-0.15, -0.1) is 11.3 Å². The molecule has 0 amide bonds. The van der Waals surface area contributed by atoms with Gasteiger partial charge < -0.3 is 13.3 Å². The average Bonchev–Trinajstić information content (AvgIpc) is 1.57. The predicted molar refractivity (Wildman–Crippen MR) is 430 cm³/mol. The molecule has 0 aliphatic heterocycles. The Hall–Kier alpha value is -14.2. The van der Waals surface area contributed by atoms with Crippen LogP contribution in [0.3, 0.4) is 0 Å². The molecule has 0 radical (unpaired) electrons. The molecular weight excluding hydrogens is 1320 g/mol. The maximum atomic E-state index is 7.34. The fourth-order valence-electron chi connectivity index (χ4n) is 15.6. The highest BCUT2D eigenvalue weighted by Crippen LogP contribution is 2.47. The summed E-state index contributed by atoms with van der Waals surface area (Å²) < 4.78 is 22.6. The molecule has 106 heavy (non-hydrogen) atoms. The van der Waals surface area contributed by atoms with Crippen LogP contribution in [0.2, 0.25) is 0 Å². The number of thiophene rings is 1. The molecule has 11 nitrogen and oxygen atoms in total. The van der Waals surface area contributed by atoms with Crippen LogP contribution in [0, 0.1) is 0 Å². The molecule has 12 heteroatoms. The van der Waals surface area contributed by atoms with Crippen LogP contribution >= 0.6 is 11.3 Å². The van der Waals surface area contributed by atoms with Crippen molar-refractivity contribution in [2.45, 2.75) is 0 Å². The van der Waals surface area contributed by atoms with E-state index in [0.29, 0.717) is 46.1 Å². The lowest BCUT2D eigenvalue weighted by molar-refractivity contribution is 0.671. The van der Waals surface area contributed by atoms with Crippen LogP contribution in [0.1, 0.15) is 0 Å². The molecule has 22 rings (SSSR count). The minimum Gasteiger partial charge on any atom is -0.455 e. The van der Waals surface area contributed by atoms with Gasteiger partial charge in [0.25, 0.3) is 0 Å². The SMILES string of the molecule is c1ccc(-c2nc(-c3cccc(-c4nc5c6ccccc6oc5c5ccccc45)c3)nc(-c3ccc(-c4cccc(-c5nc(-c6cccc(-c7cccc(-c8nc9c%10ccccc%10oc9c9ccccc89)c7)c6)nc(-c6cccc7c6sc6ccccc67)n5)c4)c4c3oc3c5ccccc5ccc34)n2)cc1. The van der Waals surface area contributed by atoms with E-state index >= 15 is 0 Å². The lowest BCUT2D eigenvalue weighted by Crippen LogP contribution is -2.01. The summed E-state index contributed by atoms with van der Waals surface area (Å²) in [6.45, 7) is 0. The van der Waals surface area contributed by atoms with Gasteiger partial charge in [-0.1, -0.05) is 243 Å². The van der Waals surface area contributed by atoms with Crippen molar-refractivity contribution in [2.75, 3.05) is 0 Å². The number of rotatable bonds is 10. The van der Waals surface area contributed by atoms with Crippen molar-refractivity contribution in [3.05, 3.63) is 315 Å². The van der Waals surface area contributed by atoms with Crippen LogP contribution < -0.4 is 0 Å². The Morgan fingerprint density at radius 3 is 1.26 bits per heavy atom. The third-order valence-electron chi connectivity index (χ3n) is 20.6. The van der Waals surface area contributed by atoms with Crippen LogP contribution in [0.4, 0.5) is 0 Å². The summed E-state index contributed by atoms with van der Waals surface area (Å²) in [5.74, 6) is 3.12. The molecule has 14 aromatic carbocycles. The number of pyridine rings is 2. The normalized spacial score (nSPS) is 12.0. The zero-order chi connectivity index (χ0) is 69.5. The van der Waals surface area contributed by atoms with Crippen molar-refractivity contribution in [3.63, 3.8) is 0 Å². The van der Waals surface area contributed by atoms with E-state index in [1.54, 1.807) is 11.3 Å². The topological polar surface area (TPSA) is 143 Å². The Bertz CT molecular complexity index is 7440. The van der Waals surface area contributed by atoms with Crippen LogP contribution in [0.5, 0.6) is 0 Å². The molecule has 0 atom stereocenters. The number of hydrogen-bond acceptors (Lipinski definition) is 12. The molecule has 0 saturated heterocycles. The second-order valence-electron chi connectivity index (χ2n) is 26.8. The standard InChI is InChI=1S/C94H52N8O3S/c1-2-22-54(23-3-1)89-97-92(62-31-19-28-59(52-62)81-67-35-7-9-37-69(67)87-83(96-81)72-39-11-14-43-77(72)104-87)100-93(99-89)74-48-47-63(79-73-46-45-53-21-4-5-32-64(53)84(73)105-85(74)79)57-26-18-30-61(51-57)91-98-90(101-94(102-91)75-41-20-40-70-65-33-12-15-44-78(65)106-88(70)75)60-29-17-25-56(50-60)55-24-16-27-58(49-55)80-66-34-6-8-36-68(66)86-82(95-80)71-38-10-13-42-76(71)103-86/h1-52H. The van der Waals surface area contributed by atoms with Gasteiger partial charge in [-0.3, -0.25) is 0 Å². The van der Waals surface area contributed by atoms with E-state index in [4.69, 9.17) is 53.1 Å². The molecule has 8 aromatic heterocycles. The number of fused-ring (bicyclic) bond motifs is 18. The fourth-order valence-corrected chi connectivity index (χ4v) is 16.8. The number of nitrogens with zero attached hydrogens (tertiary/aromatic N) is 8. The highest BCUT2D eigenvalue weighted by atomic mass is 32.1. The Morgan fingerprint density at radius 2 is 0.642 bits per heavy atom. The quantitative estimate of drug-likeness (QED) is 0.129. The van der Waals surface area contributed by atoms with E-state index in [-0.39, 0.29) is 0 Å². The summed E-state index contributed by atoms with van der Waals surface area (Å²) in [6.07, 6.45) is 0. The van der Waals surface area contributed by atoms with Crippen LogP contribution in [0.25, 0.3) is 232 Å². The monoisotopic (exact) mass is 1370 g/mol. The maximum Gasteiger partial charge on any atom is 0.167 e. The summed E-state index contributed by atoms with van der Waals surface area (Å²) in [5, 5.41) is 12.2. The van der Waals surface area contributed by atoms with Gasteiger partial charge in [0, 0.05) is 108 Å². The molecule has 0 spiro atoms. The number of furan rings is 3. The van der Waals surface area contributed by atoms with Gasteiger partial charge in [0.2, 0.25) is 0 Å². The average molecular weight is 1370 g/mol. The summed E-state index contributed by atoms with van der Waals surface area (Å²) in [7, 11) is 0. The van der Waals surface area contributed by atoms with Crippen molar-refractivity contribution >= 4 is 130 Å². The molecule has 0 aliphatic carbocycles. The van der Waals surface area contributed by atoms with Crippen LogP contribution in [-0.2, 0) is 0 Å². The number of benzene rings is 14. The highest BCUT2D eigenvalue weighted by molar-refractivity contribution is 7.26. The van der Waals surface area contributed by atoms with Gasteiger partial charge in [-0.2, -0.15) is 0 Å². The third kappa shape index (κ3) is 9.59. The molecule has 22 aromatic rings. The van der Waals surface area contributed by atoms with Gasteiger partial charge in [0.1, 0.15) is 33.4 Å². The third-order valence-corrected chi connectivity index (χ3v) is 21.8. The Morgan fingerprint density at radius 1 is 0.217 bits per heavy atom. The molecule has 0 saturated carbocycles. The molecule has 0 unspecified atom stereocenters. The number of hydrogen-bond donors (Lipinski definition) is 0. The highest BCUT2D eigenvalue weighted by Gasteiger charge is 2.26. The predicted octanol–water partition coefficient (Wildman–Crippen LogP) is 25.0. The minimum absolute atomic E-state index is 0.458. The zero-order valence-corrected chi connectivity index (χ0v) is 57.0. The van der Waals surface area contributed by atoms with Gasteiger partial charge in [-0.25, -0.2) is 39.9 Å².